The van der Waals surface area contributed by atoms with Gasteiger partial charge in [-0.3, -0.25) is 19.0 Å². The van der Waals surface area contributed by atoms with Gasteiger partial charge in [0.2, 0.25) is 0 Å². The molecular formula is C28H35N5O2. The second-order valence-electron chi connectivity index (χ2n) is 10.1. The first-order valence-electron chi connectivity index (χ1n) is 12.4. The van der Waals surface area contributed by atoms with Gasteiger partial charge in [0.1, 0.15) is 17.0 Å². The molecule has 1 aliphatic carbocycles. The maximum absolute atomic E-state index is 13.1. The van der Waals surface area contributed by atoms with Crippen molar-refractivity contribution in [3.05, 3.63) is 78.0 Å². The molecule has 1 N–H and O–H groups in total. The fourth-order valence-corrected chi connectivity index (χ4v) is 4.50. The molecule has 1 aliphatic rings. The van der Waals surface area contributed by atoms with Crippen LogP contribution in [0, 0.1) is 17.8 Å². The molecule has 0 bridgehead atoms. The second kappa shape index (κ2) is 10.4. The van der Waals surface area contributed by atoms with E-state index in [9.17, 15) is 9.59 Å². The number of hydrogen-bond donors (Lipinski definition) is 1. The molecule has 0 aromatic carbocycles. The van der Waals surface area contributed by atoms with Crippen LogP contribution in [0.4, 0.5) is 0 Å². The van der Waals surface area contributed by atoms with Crippen molar-refractivity contribution in [2.75, 3.05) is 13.6 Å². The van der Waals surface area contributed by atoms with Gasteiger partial charge in [0.15, 0.2) is 0 Å². The summed E-state index contributed by atoms with van der Waals surface area (Å²) in [6, 6.07) is 9.34. The first-order chi connectivity index (χ1) is 16.8. The van der Waals surface area contributed by atoms with E-state index in [1.54, 1.807) is 40.7 Å². The molecule has 3 aromatic heterocycles. The molecule has 3 aromatic rings. The Bertz CT molecular complexity index is 1210. The molecule has 184 valence electrons. The third-order valence-corrected chi connectivity index (χ3v) is 6.75. The Morgan fingerprint density at radius 2 is 2.06 bits per heavy atom. The highest BCUT2D eigenvalue weighted by Gasteiger charge is 2.35. The van der Waals surface area contributed by atoms with Crippen LogP contribution in [0.25, 0.3) is 5.65 Å². The van der Waals surface area contributed by atoms with Gasteiger partial charge >= 0.3 is 0 Å². The normalized spacial score (nSPS) is 17.9. The molecular weight excluding hydrogens is 438 g/mol. The fourth-order valence-electron chi connectivity index (χ4n) is 4.50. The lowest BCUT2D eigenvalue weighted by Gasteiger charge is -2.16. The van der Waals surface area contributed by atoms with E-state index in [0.717, 1.165) is 17.7 Å². The van der Waals surface area contributed by atoms with Crippen molar-refractivity contribution in [2.24, 2.45) is 17.8 Å². The quantitative estimate of drug-likeness (QED) is 0.433. The van der Waals surface area contributed by atoms with Gasteiger partial charge in [-0.15, -0.1) is 6.58 Å². The van der Waals surface area contributed by atoms with Gasteiger partial charge in [-0.2, -0.15) is 0 Å². The molecule has 7 nitrogen and oxygen atoms in total. The molecule has 0 radical (unpaired) electrons. The van der Waals surface area contributed by atoms with Crippen molar-refractivity contribution in [1.29, 1.82) is 0 Å². The lowest BCUT2D eigenvalue weighted by Crippen LogP contribution is -2.30. The van der Waals surface area contributed by atoms with Gasteiger partial charge < -0.3 is 10.2 Å². The second-order valence-corrected chi connectivity index (χ2v) is 10.1. The van der Waals surface area contributed by atoms with E-state index in [1.165, 1.54) is 6.42 Å². The molecule has 1 fully saturated rings. The van der Waals surface area contributed by atoms with Crippen LogP contribution in [0.3, 0.4) is 0 Å². The van der Waals surface area contributed by atoms with Crippen molar-refractivity contribution < 1.29 is 9.59 Å². The number of amides is 2. The van der Waals surface area contributed by atoms with E-state index in [2.05, 4.69) is 42.6 Å². The summed E-state index contributed by atoms with van der Waals surface area (Å²) in [4.78, 5) is 36.6. The molecule has 7 heteroatoms. The minimum absolute atomic E-state index is 0.167. The van der Waals surface area contributed by atoms with Gasteiger partial charge in [-0.05, 0) is 60.3 Å². The summed E-state index contributed by atoms with van der Waals surface area (Å²) in [7, 11) is 1.74. The van der Waals surface area contributed by atoms with E-state index in [0.29, 0.717) is 53.8 Å². The van der Waals surface area contributed by atoms with E-state index in [-0.39, 0.29) is 11.8 Å². The zero-order chi connectivity index (χ0) is 25.1. The summed E-state index contributed by atoms with van der Waals surface area (Å²) < 4.78 is 1.69. The number of hydrogen-bond acceptors (Lipinski definition) is 4. The number of allylic oxidation sites excluding steroid dienone is 1. The predicted molar refractivity (Wildman–Crippen MR) is 137 cm³/mol. The van der Waals surface area contributed by atoms with Crippen molar-refractivity contribution in [3.8, 4) is 0 Å². The number of pyridine rings is 2. The third kappa shape index (κ3) is 5.78. The summed E-state index contributed by atoms with van der Waals surface area (Å²) in [6.45, 7) is 11.3. The lowest BCUT2D eigenvalue weighted by atomic mass is 10.0. The van der Waals surface area contributed by atoms with Crippen LogP contribution in [-0.4, -0.2) is 44.7 Å². The number of carbonyl (C=O) groups excluding carboxylic acids is 2. The van der Waals surface area contributed by atoms with Crippen LogP contribution in [0.15, 0.2) is 55.4 Å². The SMILES string of the molecule is C=CC1CC1CC(C)CNC(=O)c1cccc2nc(C(=O)N(C)Cc3ccc(C(C)C)nc3)cn12. The zero-order valence-electron chi connectivity index (χ0n) is 21.1. The molecule has 3 atom stereocenters. The largest absolute Gasteiger partial charge is 0.350 e. The summed E-state index contributed by atoms with van der Waals surface area (Å²) in [5.74, 6) is 1.72. The number of aromatic nitrogens is 3. The highest BCUT2D eigenvalue weighted by Crippen LogP contribution is 2.43. The summed E-state index contributed by atoms with van der Waals surface area (Å²) in [6.07, 6.45) is 7.79. The van der Waals surface area contributed by atoms with E-state index in [4.69, 9.17) is 0 Å². The monoisotopic (exact) mass is 473 g/mol. The molecule has 3 heterocycles. The molecule has 35 heavy (non-hydrogen) atoms. The van der Waals surface area contributed by atoms with Crippen molar-refractivity contribution in [1.82, 2.24) is 24.6 Å². The Labute approximate surface area is 207 Å². The first-order valence-corrected chi connectivity index (χ1v) is 12.4. The Kier molecular flexibility index (Phi) is 7.34. The fraction of sp³-hybridized carbons (Fsp3) is 0.429. The van der Waals surface area contributed by atoms with Crippen molar-refractivity contribution >= 4 is 17.5 Å². The molecule has 3 unspecified atom stereocenters. The molecule has 0 spiro atoms. The van der Waals surface area contributed by atoms with Crippen LogP contribution in [0.5, 0.6) is 0 Å². The average Bonchev–Trinajstić information content (AvgIpc) is 3.45. The molecule has 0 saturated heterocycles. The van der Waals surface area contributed by atoms with Crippen LogP contribution < -0.4 is 5.32 Å². The first kappa shape index (κ1) is 24.6. The molecule has 2 amide bonds. The van der Waals surface area contributed by atoms with Crippen LogP contribution in [0.2, 0.25) is 0 Å². The van der Waals surface area contributed by atoms with Crippen LogP contribution >= 0.6 is 0 Å². The van der Waals surface area contributed by atoms with Gasteiger partial charge in [0.05, 0.1) is 0 Å². The average molecular weight is 474 g/mol. The topological polar surface area (TPSA) is 79.6 Å². The zero-order valence-corrected chi connectivity index (χ0v) is 21.1. The number of nitrogens with zero attached hydrogens (tertiary/aromatic N) is 4. The Morgan fingerprint density at radius 1 is 1.26 bits per heavy atom. The van der Waals surface area contributed by atoms with Gasteiger partial charge in [0.25, 0.3) is 11.8 Å². The van der Waals surface area contributed by atoms with Crippen molar-refractivity contribution in [3.63, 3.8) is 0 Å². The van der Waals surface area contributed by atoms with E-state index in [1.807, 2.05) is 24.4 Å². The number of fused-ring (bicyclic) bond motifs is 1. The highest BCUT2D eigenvalue weighted by atomic mass is 16.2. The smallest absolute Gasteiger partial charge is 0.274 e. The Hall–Kier alpha value is -3.48. The Morgan fingerprint density at radius 3 is 2.71 bits per heavy atom. The minimum atomic E-state index is -0.206. The maximum Gasteiger partial charge on any atom is 0.274 e. The van der Waals surface area contributed by atoms with E-state index < -0.39 is 0 Å². The highest BCUT2D eigenvalue weighted by molar-refractivity contribution is 5.95. The van der Waals surface area contributed by atoms with Crippen LogP contribution in [0.1, 0.15) is 71.8 Å². The molecule has 4 rings (SSSR count). The van der Waals surface area contributed by atoms with Crippen LogP contribution in [-0.2, 0) is 6.54 Å². The molecule has 1 saturated carbocycles. The molecule has 0 aliphatic heterocycles. The van der Waals surface area contributed by atoms with E-state index >= 15 is 0 Å². The van der Waals surface area contributed by atoms with Crippen molar-refractivity contribution in [2.45, 2.75) is 46.1 Å². The summed E-state index contributed by atoms with van der Waals surface area (Å²) in [5.41, 5.74) is 3.31. The summed E-state index contributed by atoms with van der Waals surface area (Å²) in [5, 5.41) is 3.05. The van der Waals surface area contributed by atoms with Gasteiger partial charge in [-0.1, -0.05) is 39.0 Å². The Balaban J connectivity index is 1.41. The summed E-state index contributed by atoms with van der Waals surface area (Å²) >= 11 is 0. The number of imidazole rings is 1. The number of nitrogens with one attached hydrogen (secondary N) is 1. The number of rotatable bonds is 10. The number of carbonyl (C=O) groups is 2. The third-order valence-electron chi connectivity index (χ3n) is 6.75. The maximum atomic E-state index is 13.1. The standard InChI is InChI=1S/C28H35N5O2/c1-6-21-13-22(21)12-19(4)14-30-27(34)25-8-7-9-26-31-24(17-33(25)26)28(35)32(5)16-20-10-11-23(18(2)3)29-15-20/h6-11,15,17-19,21-22H,1,12-14,16H2,2-5H3,(H,30,34). The predicted octanol–water partition coefficient (Wildman–Crippen LogP) is 4.70. The van der Waals surface area contributed by atoms with Gasteiger partial charge in [0, 0.05) is 38.2 Å². The van der Waals surface area contributed by atoms with Gasteiger partial charge in [-0.25, -0.2) is 4.98 Å². The minimum Gasteiger partial charge on any atom is -0.350 e. The lowest BCUT2D eigenvalue weighted by molar-refractivity contribution is 0.0779.